The van der Waals surface area contributed by atoms with Gasteiger partial charge < -0.3 is 9.53 Å². The van der Waals surface area contributed by atoms with Crippen LogP contribution in [0.3, 0.4) is 0 Å². The standard InChI is InChI=1S/C10H10ClNO2/c1-14-9-4-7-2-6(5-13)3-8(7)10(11)12-9/h4-6H,2-3H2,1H3. The van der Waals surface area contributed by atoms with Gasteiger partial charge in [-0.05, 0) is 24.0 Å². The molecule has 1 aromatic rings. The zero-order chi connectivity index (χ0) is 10.1. The molecule has 0 fully saturated rings. The fourth-order valence-electron chi connectivity index (χ4n) is 1.78. The summed E-state index contributed by atoms with van der Waals surface area (Å²) in [5.74, 6) is 0.566. The van der Waals surface area contributed by atoms with Crippen molar-refractivity contribution in [2.75, 3.05) is 7.11 Å². The second kappa shape index (κ2) is 3.58. The summed E-state index contributed by atoms with van der Waals surface area (Å²) in [4.78, 5) is 14.7. The number of fused-ring (bicyclic) bond motifs is 1. The largest absolute Gasteiger partial charge is 0.481 e. The van der Waals surface area contributed by atoms with Crippen LogP contribution in [0.1, 0.15) is 11.1 Å². The van der Waals surface area contributed by atoms with E-state index in [1.807, 2.05) is 6.07 Å². The number of aromatic nitrogens is 1. The maximum absolute atomic E-state index is 10.6. The average Bonchev–Trinajstić information content (AvgIpc) is 2.61. The molecule has 0 saturated carbocycles. The van der Waals surface area contributed by atoms with E-state index >= 15 is 0 Å². The summed E-state index contributed by atoms with van der Waals surface area (Å²) in [6.45, 7) is 0. The van der Waals surface area contributed by atoms with Crippen molar-refractivity contribution in [2.24, 2.45) is 5.92 Å². The predicted octanol–water partition coefficient (Wildman–Crippen LogP) is 1.66. The summed E-state index contributed by atoms with van der Waals surface area (Å²) in [5.41, 5.74) is 2.07. The summed E-state index contributed by atoms with van der Waals surface area (Å²) >= 11 is 5.97. The molecule has 3 nitrogen and oxygen atoms in total. The number of carbonyl (C=O) groups excluding carboxylic acids is 1. The number of nitrogens with zero attached hydrogens (tertiary/aromatic N) is 1. The minimum absolute atomic E-state index is 0.0522. The van der Waals surface area contributed by atoms with Crippen molar-refractivity contribution in [3.63, 3.8) is 0 Å². The molecule has 1 aliphatic carbocycles. The van der Waals surface area contributed by atoms with Gasteiger partial charge in [-0.3, -0.25) is 0 Å². The van der Waals surface area contributed by atoms with Crippen molar-refractivity contribution < 1.29 is 9.53 Å². The van der Waals surface area contributed by atoms with Crippen LogP contribution < -0.4 is 4.74 Å². The van der Waals surface area contributed by atoms with Gasteiger partial charge in [0, 0.05) is 12.0 Å². The van der Waals surface area contributed by atoms with Crippen LogP contribution in [-0.2, 0) is 17.6 Å². The van der Waals surface area contributed by atoms with Crippen molar-refractivity contribution in [2.45, 2.75) is 12.8 Å². The molecule has 1 heterocycles. The molecule has 1 unspecified atom stereocenters. The van der Waals surface area contributed by atoms with Crippen LogP contribution >= 0.6 is 11.6 Å². The third-order valence-corrected chi connectivity index (χ3v) is 2.81. The van der Waals surface area contributed by atoms with Crippen LogP contribution in [0.25, 0.3) is 0 Å². The first kappa shape index (κ1) is 9.46. The van der Waals surface area contributed by atoms with Crippen LogP contribution in [0.4, 0.5) is 0 Å². The molecule has 0 aromatic carbocycles. The predicted molar refractivity (Wildman–Crippen MR) is 52.8 cm³/mol. The van der Waals surface area contributed by atoms with E-state index in [0.29, 0.717) is 17.5 Å². The third kappa shape index (κ3) is 1.48. The Hall–Kier alpha value is -1.09. The molecule has 4 heteroatoms. The fourth-order valence-corrected chi connectivity index (χ4v) is 2.06. The van der Waals surface area contributed by atoms with Crippen molar-refractivity contribution in [3.8, 4) is 5.88 Å². The fraction of sp³-hybridized carbons (Fsp3) is 0.400. The number of ether oxygens (including phenoxy) is 1. The molecule has 2 rings (SSSR count). The zero-order valence-corrected chi connectivity index (χ0v) is 8.54. The SMILES string of the molecule is COc1cc2c(c(Cl)n1)CC(C=O)C2. The van der Waals surface area contributed by atoms with E-state index < -0.39 is 0 Å². The average molecular weight is 212 g/mol. The molecule has 1 aromatic heterocycles. The van der Waals surface area contributed by atoms with Crippen molar-refractivity contribution in [3.05, 3.63) is 22.3 Å². The van der Waals surface area contributed by atoms with E-state index in [1.165, 1.54) is 0 Å². The monoisotopic (exact) mass is 211 g/mol. The third-order valence-electron chi connectivity index (χ3n) is 2.49. The van der Waals surface area contributed by atoms with E-state index in [1.54, 1.807) is 7.11 Å². The van der Waals surface area contributed by atoms with Gasteiger partial charge in [0.05, 0.1) is 7.11 Å². The highest BCUT2D eigenvalue weighted by Crippen LogP contribution is 2.32. The van der Waals surface area contributed by atoms with E-state index in [4.69, 9.17) is 16.3 Å². The Bertz CT molecular complexity index is 379. The highest BCUT2D eigenvalue weighted by atomic mass is 35.5. The van der Waals surface area contributed by atoms with Gasteiger partial charge in [-0.15, -0.1) is 0 Å². The van der Waals surface area contributed by atoms with Crippen LogP contribution in [0.5, 0.6) is 5.88 Å². The second-order valence-electron chi connectivity index (χ2n) is 3.40. The maximum Gasteiger partial charge on any atom is 0.214 e. The van der Waals surface area contributed by atoms with Gasteiger partial charge in [-0.25, -0.2) is 4.98 Å². The Morgan fingerprint density at radius 2 is 2.43 bits per heavy atom. The topological polar surface area (TPSA) is 39.2 Å². The second-order valence-corrected chi connectivity index (χ2v) is 3.76. The molecule has 0 radical (unpaired) electrons. The molecule has 74 valence electrons. The Kier molecular flexibility index (Phi) is 2.42. The Balaban J connectivity index is 2.41. The molecule has 0 amide bonds. The van der Waals surface area contributed by atoms with Gasteiger partial charge in [0.15, 0.2) is 0 Å². The summed E-state index contributed by atoms with van der Waals surface area (Å²) in [6.07, 6.45) is 2.43. The molecule has 0 N–H and O–H groups in total. The van der Waals surface area contributed by atoms with Crippen molar-refractivity contribution >= 4 is 17.9 Å². The summed E-state index contributed by atoms with van der Waals surface area (Å²) in [5, 5.41) is 0.462. The zero-order valence-electron chi connectivity index (χ0n) is 7.79. The van der Waals surface area contributed by atoms with Crippen molar-refractivity contribution in [1.29, 1.82) is 0 Å². The van der Waals surface area contributed by atoms with Gasteiger partial charge in [0.25, 0.3) is 0 Å². The number of hydrogen-bond acceptors (Lipinski definition) is 3. The first-order chi connectivity index (χ1) is 6.74. The highest BCUT2D eigenvalue weighted by Gasteiger charge is 2.24. The maximum atomic E-state index is 10.6. The molecule has 0 bridgehead atoms. The number of pyridine rings is 1. The Morgan fingerprint density at radius 3 is 3.07 bits per heavy atom. The molecule has 0 aliphatic heterocycles. The summed E-state index contributed by atoms with van der Waals surface area (Å²) in [6, 6.07) is 1.85. The number of rotatable bonds is 2. The van der Waals surface area contributed by atoms with E-state index in [2.05, 4.69) is 4.98 Å². The number of carbonyl (C=O) groups is 1. The number of methoxy groups -OCH3 is 1. The summed E-state index contributed by atoms with van der Waals surface area (Å²) in [7, 11) is 1.55. The van der Waals surface area contributed by atoms with Gasteiger partial charge in [-0.2, -0.15) is 0 Å². The van der Waals surface area contributed by atoms with Gasteiger partial charge in [0.1, 0.15) is 11.4 Å². The molecule has 0 spiro atoms. The van der Waals surface area contributed by atoms with Crippen LogP contribution in [0.2, 0.25) is 5.15 Å². The van der Waals surface area contributed by atoms with E-state index in [9.17, 15) is 4.79 Å². The van der Waals surface area contributed by atoms with Crippen LogP contribution in [-0.4, -0.2) is 18.4 Å². The van der Waals surface area contributed by atoms with Crippen LogP contribution in [0, 0.1) is 5.92 Å². The lowest BCUT2D eigenvalue weighted by Crippen LogP contribution is -1.99. The number of aldehydes is 1. The lowest BCUT2D eigenvalue weighted by molar-refractivity contribution is -0.110. The van der Waals surface area contributed by atoms with E-state index in [-0.39, 0.29) is 5.92 Å². The minimum atomic E-state index is 0.0522. The van der Waals surface area contributed by atoms with Crippen LogP contribution in [0.15, 0.2) is 6.07 Å². The number of hydrogen-bond donors (Lipinski definition) is 0. The lowest BCUT2D eigenvalue weighted by atomic mass is 10.1. The molecule has 14 heavy (non-hydrogen) atoms. The molecular weight excluding hydrogens is 202 g/mol. The highest BCUT2D eigenvalue weighted by molar-refractivity contribution is 6.30. The first-order valence-corrected chi connectivity index (χ1v) is 4.80. The lowest BCUT2D eigenvalue weighted by Gasteiger charge is -2.04. The minimum Gasteiger partial charge on any atom is -0.481 e. The quantitative estimate of drug-likeness (QED) is 0.552. The first-order valence-electron chi connectivity index (χ1n) is 4.42. The normalized spacial score (nSPS) is 19.1. The molecular formula is C10H10ClNO2. The smallest absolute Gasteiger partial charge is 0.214 e. The summed E-state index contributed by atoms with van der Waals surface area (Å²) < 4.78 is 5.01. The molecule has 1 atom stereocenters. The van der Waals surface area contributed by atoms with Crippen molar-refractivity contribution in [1.82, 2.24) is 4.98 Å². The van der Waals surface area contributed by atoms with Gasteiger partial charge >= 0.3 is 0 Å². The molecule has 1 aliphatic rings. The Labute approximate surface area is 87.0 Å². The van der Waals surface area contributed by atoms with E-state index in [0.717, 1.165) is 23.8 Å². The Morgan fingerprint density at radius 1 is 1.64 bits per heavy atom. The van der Waals surface area contributed by atoms with Gasteiger partial charge in [0.2, 0.25) is 5.88 Å². The molecule has 0 saturated heterocycles. The number of halogens is 1. The van der Waals surface area contributed by atoms with Gasteiger partial charge in [-0.1, -0.05) is 11.6 Å².